The maximum atomic E-state index is 12.6. The third kappa shape index (κ3) is 5.30. The molecule has 3 aromatic rings. The lowest BCUT2D eigenvalue weighted by molar-refractivity contribution is -0.122. The SMILES string of the molecule is COc1ccc(CC2(CCC(=O)NCCc3c[nH]c4ccccc34)CCC(=O)N2)cc1OC. The number of methoxy groups -OCH3 is 2. The average Bonchev–Trinajstić information content (AvgIpc) is 3.41. The molecule has 1 unspecified atom stereocenters. The summed E-state index contributed by atoms with van der Waals surface area (Å²) in [5, 5.41) is 7.36. The fourth-order valence-corrected chi connectivity index (χ4v) is 4.68. The van der Waals surface area contributed by atoms with E-state index in [9.17, 15) is 9.59 Å². The zero-order chi connectivity index (χ0) is 23.3. The van der Waals surface area contributed by atoms with Crippen molar-refractivity contribution in [2.24, 2.45) is 0 Å². The van der Waals surface area contributed by atoms with Crippen LogP contribution in [0.15, 0.2) is 48.7 Å². The predicted molar refractivity (Wildman–Crippen MR) is 128 cm³/mol. The minimum atomic E-state index is -0.426. The molecule has 0 saturated carbocycles. The maximum absolute atomic E-state index is 12.6. The van der Waals surface area contributed by atoms with Crippen molar-refractivity contribution in [2.45, 2.75) is 44.1 Å². The quantitative estimate of drug-likeness (QED) is 0.442. The number of hydrogen-bond acceptors (Lipinski definition) is 4. The van der Waals surface area contributed by atoms with Crippen LogP contribution < -0.4 is 20.1 Å². The van der Waals surface area contributed by atoms with Crippen molar-refractivity contribution in [3.05, 3.63) is 59.8 Å². The number of benzene rings is 2. The van der Waals surface area contributed by atoms with Crippen LogP contribution >= 0.6 is 0 Å². The molecule has 7 heteroatoms. The molecule has 33 heavy (non-hydrogen) atoms. The van der Waals surface area contributed by atoms with E-state index in [-0.39, 0.29) is 11.8 Å². The first-order chi connectivity index (χ1) is 16.0. The van der Waals surface area contributed by atoms with Gasteiger partial charge in [0.1, 0.15) is 0 Å². The molecule has 174 valence electrons. The Morgan fingerprint density at radius 1 is 1.12 bits per heavy atom. The Kier molecular flexibility index (Phi) is 6.87. The first kappa shape index (κ1) is 22.7. The molecule has 1 fully saturated rings. The van der Waals surface area contributed by atoms with E-state index >= 15 is 0 Å². The van der Waals surface area contributed by atoms with Crippen LogP contribution in [0.4, 0.5) is 0 Å². The first-order valence-corrected chi connectivity index (χ1v) is 11.4. The largest absolute Gasteiger partial charge is 0.493 e. The van der Waals surface area contributed by atoms with Gasteiger partial charge in [-0.3, -0.25) is 9.59 Å². The van der Waals surface area contributed by atoms with Crippen molar-refractivity contribution in [3.8, 4) is 11.5 Å². The van der Waals surface area contributed by atoms with Gasteiger partial charge in [0.15, 0.2) is 11.5 Å². The van der Waals surface area contributed by atoms with E-state index in [4.69, 9.17) is 9.47 Å². The smallest absolute Gasteiger partial charge is 0.220 e. The van der Waals surface area contributed by atoms with Gasteiger partial charge >= 0.3 is 0 Å². The van der Waals surface area contributed by atoms with Crippen LogP contribution in [0.25, 0.3) is 10.9 Å². The Morgan fingerprint density at radius 3 is 2.70 bits per heavy atom. The lowest BCUT2D eigenvalue weighted by Gasteiger charge is -2.29. The maximum Gasteiger partial charge on any atom is 0.220 e. The third-order valence-corrected chi connectivity index (χ3v) is 6.45. The molecule has 0 radical (unpaired) electrons. The molecule has 2 aromatic carbocycles. The predicted octanol–water partition coefficient (Wildman–Crippen LogP) is 3.52. The molecule has 1 saturated heterocycles. The molecular formula is C26H31N3O4. The highest BCUT2D eigenvalue weighted by atomic mass is 16.5. The summed E-state index contributed by atoms with van der Waals surface area (Å²) in [5.41, 5.74) is 2.91. The highest BCUT2D eigenvalue weighted by molar-refractivity contribution is 5.83. The van der Waals surface area contributed by atoms with Crippen molar-refractivity contribution in [1.82, 2.24) is 15.6 Å². The van der Waals surface area contributed by atoms with Gasteiger partial charge in [-0.15, -0.1) is 0 Å². The molecule has 0 bridgehead atoms. The summed E-state index contributed by atoms with van der Waals surface area (Å²) in [6, 6.07) is 13.9. The van der Waals surface area contributed by atoms with Gasteiger partial charge in [0.25, 0.3) is 0 Å². The number of amides is 2. The highest BCUT2D eigenvalue weighted by Crippen LogP contribution is 2.33. The number of carbonyl (C=O) groups excluding carboxylic acids is 2. The molecule has 1 aliphatic heterocycles. The number of rotatable bonds is 10. The summed E-state index contributed by atoms with van der Waals surface area (Å²) in [6.07, 6.45) is 5.56. The van der Waals surface area contributed by atoms with Gasteiger partial charge in [-0.1, -0.05) is 24.3 Å². The van der Waals surface area contributed by atoms with Crippen LogP contribution in [0.5, 0.6) is 11.5 Å². The number of H-pyrrole nitrogens is 1. The van der Waals surface area contributed by atoms with Crippen molar-refractivity contribution in [2.75, 3.05) is 20.8 Å². The number of aromatic amines is 1. The lowest BCUT2D eigenvalue weighted by atomic mass is 9.85. The normalized spacial score (nSPS) is 17.7. The molecular weight excluding hydrogens is 418 g/mol. The molecule has 1 aromatic heterocycles. The highest BCUT2D eigenvalue weighted by Gasteiger charge is 2.38. The number of para-hydroxylation sites is 1. The second kappa shape index (κ2) is 9.98. The van der Waals surface area contributed by atoms with Crippen LogP contribution in [0.2, 0.25) is 0 Å². The molecule has 0 aliphatic carbocycles. The Balaban J connectivity index is 1.34. The fourth-order valence-electron chi connectivity index (χ4n) is 4.68. The lowest BCUT2D eigenvalue weighted by Crippen LogP contribution is -2.44. The first-order valence-electron chi connectivity index (χ1n) is 11.4. The number of aromatic nitrogens is 1. The number of hydrogen-bond donors (Lipinski definition) is 3. The summed E-state index contributed by atoms with van der Waals surface area (Å²) in [7, 11) is 3.21. The van der Waals surface area contributed by atoms with Gasteiger partial charge in [0.2, 0.25) is 11.8 Å². The van der Waals surface area contributed by atoms with E-state index in [0.29, 0.717) is 50.1 Å². The molecule has 7 nitrogen and oxygen atoms in total. The molecule has 1 aliphatic rings. The summed E-state index contributed by atoms with van der Waals surface area (Å²) < 4.78 is 10.7. The number of ether oxygens (including phenoxy) is 2. The summed E-state index contributed by atoms with van der Waals surface area (Å²) in [6.45, 7) is 0.579. The van der Waals surface area contributed by atoms with E-state index in [1.54, 1.807) is 14.2 Å². The second-order valence-corrected chi connectivity index (χ2v) is 8.65. The standard InChI is InChI=1S/C26H31N3O4/c1-32-22-8-7-18(15-23(22)33-2)16-26(13-10-25(31)29-26)12-9-24(30)27-14-11-19-17-28-21-6-4-3-5-20(19)21/h3-8,15,17,28H,9-14,16H2,1-2H3,(H,27,30)(H,29,31). The topological polar surface area (TPSA) is 92.5 Å². The second-order valence-electron chi connectivity index (χ2n) is 8.65. The molecule has 2 amide bonds. The van der Waals surface area contributed by atoms with Gasteiger partial charge < -0.3 is 25.1 Å². The van der Waals surface area contributed by atoms with Crippen LogP contribution in [0, 0.1) is 0 Å². The number of nitrogens with one attached hydrogen (secondary N) is 3. The monoisotopic (exact) mass is 449 g/mol. The Morgan fingerprint density at radius 2 is 1.94 bits per heavy atom. The number of carbonyl (C=O) groups is 2. The van der Waals surface area contributed by atoms with E-state index in [0.717, 1.165) is 17.5 Å². The van der Waals surface area contributed by atoms with Crippen LogP contribution in [-0.4, -0.2) is 43.1 Å². The zero-order valence-electron chi connectivity index (χ0n) is 19.2. The van der Waals surface area contributed by atoms with E-state index in [1.807, 2.05) is 42.6 Å². The summed E-state index contributed by atoms with van der Waals surface area (Å²) in [5.74, 6) is 1.36. The molecule has 4 rings (SSSR count). The number of fused-ring (bicyclic) bond motifs is 1. The van der Waals surface area contributed by atoms with Gasteiger partial charge in [-0.25, -0.2) is 0 Å². The third-order valence-electron chi connectivity index (χ3n) is 6.45. The summed E-state index contributed by atoms with van der Waals surface area (Å²) in [4.78, 5) is 27.9. The molecule has 3 N–H and O–H groups in total. The zero-order valence-corrected chi connectivity index (χ0v) is 19.2. The Labute approximate surface area is 193 Å². The molecule has 1 atom stereocenters. The average molecular weight is 450 g/mol. The fraction of sp³-hybridized carbons (Fsp3) is 0.385. The van der Waals surface area contributed by atoms with E-state index in [2.05, 4.69) is 21.7 Å². The summed E-state index contributed by atoms with van der Waals surface area (Å²) >= 11 is 0. The molecule has 2 heterocycles. The van der Waals surface area contributed by atoms with E-state index in [1.165, 1.54) is 10.9 Å². The van der Waals surface area contributed by atoms with Crippen LogP contribution in [-0.2, 0) is 22.4 Å². The Hall–Kier alpha value is -3.48. The minimum Gasteiger partial charge on any atom is -0.493 e. The van der Waals surface area contributed by atoms with Gasteiger partial charge in [-0.05, 0) is 55.0 Å². The van der Waals surface area contributed by atoms with E-state index < -0.39 is 5.54 Å². The van der Waals surface area contributed by atoms with Crippen molar-refractivity contribution in [1.29, 1.82) is 0 Å². The van der Waals surface area contributed by atoms with Crippen molar-refractivity contribution >= 4 is 22.7 Å². The van der Waals surface area contributed by atoms with Crippen molar-refractivity contribution in [3.63, 3.8) is 0 Å². The van der Waals surface area contributed by atoms with Gasteiger partial charge in [-0.2, -0.15) is 0 Å². The minimum absolute atomic E-state index is 0.00248. The Bertz CT molecular complexity index is 1140. The van der Waals surface area contributed by atoms with Gasteiger partial charge in [0, 0.05) is 42.0 Å². The van der Waals surface area contributed by atoms with Crippen molar-refractivity contribution < 1.29 is 19.1 Å². The van der Waals surface area contributed by atoms with Crippen LogP contribution in [0.3, 0.4) is 0 Å². The van der Waals surface area contributed by atoms with Gasteiger partial charge in [0.05, 0.1) is 14.2 Å². The van der Waals surface area contributed by atoms with Crippen LogP contribution in [0.1, 0.15) is 36.8 Å². The molecule has 0 spiro atoms.